The van der Waals surface area contributed by atoms with Gasteiger partial charge in [-0.05, 0) is 49.6 Å². The summed E-state index contributed by atoms with van der Waals surface area (Å²) in [5.74, 6) is -0.386. The number of benzene rings is 2. The van der Waals surface area contributed by atoms with Crippen LogP contribution in [0, 0.1) is 12.8 Å². The summed E-state index contributed by atoms with van der Waals surface area (Å²) in [4.78, 5) is 13.2. The third kappa shape index (κ3) is 5.92. The van der Waals surface area contributed by atoms with Gasteiger partial charge in [0.1, 0.15) is 0 Å². The average Bonchev–Trinajstić information content (AvgIpc) is 2.88. The van der Waals surface area contributed by atoms with Crippen LogP contribution in [-0.2, 0) is 36.1 Å². The number of rotatable bonds is 7. The Morgan fingerprint density at radius 2 is 1.31 bits per heavy atom. The largest absolute Gasteiger partial charge is 0.379 e. The van der Waals surface area contributed by atoms with E-state index in [2.05, 4.69) is 5.32 Å². The first-order valence-corrected chi connectivity index (χ1v) is 14.6. The molecule has 2 heterocycles. The topological polar surface area (TPSA) is 113 Å². The molecule has 0 saturated carbocycles. The van der Waals surface area contributed by atoms with Gasteiger partial charge in [0, 0.05) is 38.6 Å². The van der Waals surface area contributed by atoms with Crippen LogP contribution in [0.15, 0.2) is 58.3 Å². The number of piperidine rings is 1. The van der Waals surface area contributed by atoms with E-state index in [-0.39, 0.29) is 28.2 Å². The number of morpholine rings is 1. The summed E-state index contributed by atoms with van der Waals surface area (Å²) in [5.41, 5.74) is 1.78. The fourth-order valence-electron chi connectivity index (χ4n) is 4.27. The predicted molar refractivity (Wildman–Crippen MR) is 131 cm³/mol. The van der Waals surface area contributed by atoms with Gasteiger partial charge in [-0.2, -0.15) is 8.61 Å². The number of nitrogens with zero attached hydrogens (tertiary/aromatic N) is 2. The van der Waals surface area contributed by atoms with Crippen molar-refractivity contribution in [3.63, 3.8) is 0 Å². The minimum atomic E-state index is -3.57. The molecule has 1 amide bonds. The zero-order valence-corrected chi connectivity index (χ0v) is 21.4. The lowest BCUT2D eigenvalue weighted by Crippen LogP contribution is -2.42. The van der Waals surface area contributed by atoms with Crippen molar-refractivity contribution < 1.29 is 26.4 Å². The van der Waals surface area contributed by atoms with E-state index < -0.39 is 20.0 Å². The molecule has 9 nitrogen and oxygen atoms in total. The van der Waals surface area contributed by atoms with Gasteiger partial charge in [0.15, 0.2) is 0 Å². The number of hydrogen-bond donors (Lipinski definition) is 1. The maximum atomic E-state index is 12.9. The number of nitrogens with one attached hydrogen (secondary N) is 1. The molecule has 2 saturated heterocycles. The summed E-state index contributed by atoms with van der Waals surface area (Å²) in [6.45, 7) is 4.22. The van der Waals surface area contributed by atoms with Gasteiger partial charge in [0.2, 0.25) is 26.0 Å². The molecule has 11 heteroatoms. The smallest absolute Gasteiger partial charge is 0.243 e. The Balaban J connectivity index is 1.28. The minimum Gasteiger partial charge on any atom is -0.379 e. The fraction of sp³-hybridized carbons (Fsp3) is 0.458. The first-order chi connectivity index (χ1) is 16.7. The fourth-order valence-corrected chi connectivity index (χ4v) is 7.14. The molecular weight excluding hydrogens is 490 g/mol. The predicted octanol–water partition coefficient (Wildman–Crippen LogP) is 1.73. The van der Waals surface area contributed by atoms with Crippen molar-refractivity contribution in [1.29, 1.82) is 0 Å². The van der Waals surface area contributed by atoms with E-state index >= 15 is 0 Å². The molecule has 2 aliphatic rings. The first kappa shape index (κ1) is 25.8. The van der Waals surface area contributed by atoms with Gasteiger partial charge in [0.25, 0.3) is 0 Å². The average molecular weight is 522 g/mol. The number of carbonyl (C=O) groups is 1. The van der Waals surface area contributed by atoms with Gasteiger partial charge in [-0.1, -0.05) is 29.8 Å². The minimum absolute atomic E-state index is 0.123. The lowest BCUT2D eigenvalue weighted by Gasteiger charge is -2.30. The zero-order valence-electron chi connectivity index (χ0n) is 19.7. The van der Waals surface area contributed by atoms with E-state index in [1.165, 1.54) is 8.61 Å². The van der Waals surface area contributed by atoms with Gasteiger partial charge in [-0.3, -0.25) is 4.79 Å². The number of ether oxygens (including phenoxy) is 1. The molecule has 2 aliphatic heterocycles. The molecule has 2 fully saturated rings. The third-order valence-electron chi connectivity index (χ3n) is 6.48. The number of amides is 1. The van der Waals surface area contributed by atoms with Crippen molar-refractivity contribution in [1.82, 2.24) is 13.9 Å². The highest BCUT2D eigenvalue weighted by molar-refractivity contribution is 7.89. The molecule has 0 bridgehead atoms. The second kappa shape index (κ2) is 10.8. The van der Waals surface area contributed by atoms with E-state index in [0.717, 1.165) is 11.1 Å². The van der Waals surface area contributed by atoms with Crippen LogP contribution in [0.3, 0.4) is 0 Å². The molecule has 35 heavy (non-hydrogen) atoms. The van der Waals surface area contributed by atoms with Crippen LogP contribution in [0.25, 0.3) is 0 Å². The van der Waals surface area contributed by atoms with E-state index in [0.29, 0.717) is 52.2 Å². The molecule has 2 aromatic carbocycles. The lowest BCUT2D eigenvalue weighted by molar-refractivity contribution is -0.126. The first-order valence-electron chi connectivity index (χ1n) is 11.7. The van der Waals surface area contributed by atoms with Crippen molar-refractivity contribution in [3.05, 3.63) is 59.7 Å². The van der Waals surface area contributed by atoms with Crippen LogP contribution in [0.1, 0.15) is 24.0 Å². The van der Waals surface area contributed by atoms with Crippen molar-refractivity contribution in [2.75, 3.05) is 39.4 Å². The van der Waals surface area contributed by atoms with Crippen LogP contribution in [0.5, 0.6) is 0 Å². The van der Waals surface area contributed by atoms with Crippen molar-refractivity contribution >= 4 is 26.0 Å². The van der Waals surface area contributed by atoms with Gasteiger partial charge in [0.05, 0.1) is 23.0 Å². The SMILES string of the molecule is Cc1ccc(S(=O)(=O)N2CCC(C(=O)NCc3ccc(S(=O)(=O)N4CCOCC4)cc3)CC2)cc1. The summed E-state index contributed by atoms with van der Waals surface area (Å²) in [6.07, 6.45) is 0.904. The van der Waals surface area contributed by atoms with Crippen LogP contribution in [-0.4, -0.2) is 70.7 Å². The Hall–Kier alpha value is -2.31. The number of aryl methyl sites for hydroxylation is 1. The second-order valence-electron chi connectivity index (χ2n) is 8.87. The highest BCUT2D eigenvalue weighted by Gasteiger charge is 2.32. The third-order valence-corrected chi connectivity index (χ3v) is 10.3. The van der Waals surface area contributed by atoms with Crippen LogP contribution in [0.4, 0.5) is 0 Å². The molecular formula is C24H31N3O6S2. The van der Waals surface area contributed by atoms with E-state index in [9.17, 15) is 21.6 Å². The van der Waals surface area contributed by atoms with Gasteiger partial charge in [-0.15, -0.1) is 0 Å². The Labute approximate surface area is 207 Å². The van der Waals surface area contributed by atoms with Gasteiger partial charge in [-0.25, -0.2) is 16.8 Å². The standard InChI is InChI=1S/C24H31N3O6S2/c1-19-2-6-22(7-3-19)34(29,30)26-12-10-21(11-13-26)24(28)25-18-20-4-8-23(9-5-20)35(31,32)27-14-16-33-17-15-27/h2-9,21H,10-18H2,1H3,(H,25,28). The summed E-state index contributed by atoms with van der Waals surface area (Å²) in [7, 11) is -7.12. The summed E-state index contributed by atoms with van der Waals surface area (Å²) < 4.78 is 59.2. The highest BCUT2D eigenvalue weighted by atomic mass is 32.2. The zero-order chi connectivity index (χ0) is 25.1. The van der Waals surface area contributed by atoms with Crippen LogP contribution < -0.4 is 5.32 Å². The maximum Gasteiger partial charge on any atom is 0.243 e. The Kier molecular flexibility index (Phi) is 7.92. The Morgan fingerprint density at radius 3 is 1.86 bits per heavy atom. The maximum absolute atomic E-state index is 12.9. The molecule has 190 valence electrons. The van der Waals surface area contributed by atoms with Gasteiger partial charge < -0.3 is 10.1 Å². The Bertz CT molecular complexity index is 1230. The van der Waals surface area contributed by atoms with Crippen molar-refractivity contribution in [2.45, 2.75) is 36.1 Å². The molecule has 0 aliphatic carbocycles. The molecule has 4 rings (SSSR count). The summed E-state index contributed by atoms with van der Waals surface area (Å²) in [6, 6.07) is 13.3. The monoisotopic (exact) mass is 521 g/mol. The van der Waals surface area contributed by atoms with E-state index in [4.69, 9.17) is 4.74 Å². The number of hydrogen-bond acceptors (Lipinski definition) is 6. The number of sulfonamides is 2. The van der Waals surface area contributed by atoms with E-state index in [1.807, 2.05) is 6.92 Å². The molecule has 0 aromatic heterocycles. The van der Waals surface area contributed by atoms with Gasteiger partial charge >= 0.3 is 0 Å². The molecule has 1 N–H and O–H groups in total. The Morgan fingerprint density at radius 1 is 0.829 bits per heavy atom. The quantitative estimate of drug-likeness (QED) is 0.594. The second-order valence-corrected chi connectivity index (χ2v) is 12.7. The number of carbonyl (C=O) groups excluding carboxylic acids is 1. The normalized spacial score (nSPS) is 18.9. The summed E-state index contributed by atoms with van der Waals surface area (Å²) >= 11 is 0. The molecule has 0 radical (unpaired) electrons. The molecule has 0 atom stereocenters. The summed E-state index contributed by atoms with van der Waals surface area (Å²) in [5, 5.41) is 2.90. The molecule has 0 spiro atoms. The van der Waals surface area contributed by atoms with Crippen LogP contribution in [0.2, 0.25) is 0 Å². The lowest BCUT2D eigenvalue weighted by atomic mass is 9.97. The van der Waals surface area contributed by atoms with Crippen molar-refractivity contribution in [2.24, 2.45) is 5.92 Å². The van der Waals surface area contributed by atoms with Crippen LogP contribution >= 0.6 is 0 Å². The van der Waals surface area contributed by atoms with Crippen molar-refractivity contribution in [3.8, 4) is 0 Å². The van der Waals surface area contributed by atoms with E-state index in [1.54, 1.807) is 48.5 Å². The molecule has 2 aromatic rings. The molecule has 0 unspecified atom stereocenters. The highest BCUT2D eigenvalue weighted by Crippen LogP contribution is 2.24.